The number of ether oxygens (including phenoxy) is 2. The summed E-state index contributed by atoms with van der Waals surface area (Å²) in [5.74, 6) is -3.00. The number of benzene rings is 1. The van der Waals surface area contributed by atoms with Crippen molar-refractivity contribution in [2.45, 2.75) is 12.5 Å². The third kappa shape index (κ3) is 3.34. The van der Waals surface area contributed by atoms with Crippen LogP contribution in [0.25, 0.3) is 0 Å². The molecule has 0 aliphatic carbocycles. The summed E-state index contributed by atoms with van der Waals surface area (Å²) in [5.41, 5.74) is 0.0425. The van der Waals surface area contributed by atoms with Gasteiger partial charge in [0.1, 0.15) is 6.04 Å². The largest absolute Gasteiger partial charge is 0.481 e. The van der Waals surface area contributed by atoms with Crippen LogP contribution in [0.4, 0.5) is 0 Å². The number of hydrogen-bond donors (Lipinski definition) is 3. The van der Waals surface area contributed by atoms with Gasteiger partial charge in [0.15, 0.2) is 11.5 Å². The van der Waals surface area contributed by atoms with Crippen LogP contribution in [0.2, 0.25) is 5.02 Å². The van der Waals surface area contributed by atoms with Gasteiger partial charge in [-0.1, -0.05) is 11.6 Å². The number of carbonyl (C=O) groups excluding carboxylic acids is 1. The molecule has 0 radical (unpaired) electrons. The Labute approximate surface area is 123 Å². The monoisotopic (exact) mass is 315 g/mol. The lowest BCUT2D eigenvalue weighted by atomic mass is 10.1. The Morgan fingerprint density at radius 2 is 2.00 bits per heavy atom. The standard InChI is InChI=1S/C12H10ClNO7/c13-6-1-5(2-8-10(6)21-4-20-8)11(17)14-7(12(18)19)3-9(15)16/h1-2,7H,3-4H2,(H,14,17)(H,15,16)(H,18,19)/t7-/m0/s1. The minimum atomic E-state index is -1.54. The quantitative estimate of drug-likeness (QED) is 0.732. The van der Waals surface area contributed by atoms with Crippen molar-refractivity contribution in [3.63, 3.8) is 0 Å². The number of hydrogen-bond acceptors (Lipinski definition) is 5. The predicted octanol–water partition coefficient (Wildman–Crippen LogP) is 0.726. The number of aliphatic carboxylic acids is 2. The van der Waals surface area contributed by atoms with Gasteiger partial charge in [0, 0.05) is 5.56 Å². The van der Waals surface area contributed by atoms with Crippen molar-refractivity contribution in [2.24, 2.45) is 0 Å². The minimum Gasteiger partial charge on any atom is -0.481 e. The molecule has 1 aromatic carbocycles. The molecule has 2 rings (SSSR count). The maximum atomic E-state index is 12.0. The molecule has 1 aliphatic heterocycles. The van der Waals surface area contributed by atoms with Gasteiger partial charge in [0.25, 0.3) is 5.91 Å². The van der Waals surface area contributed by atoms with E-state index in [4.69, 9.17) is 31.3 Å². The highest BCUT2D eigenvalue weighted by Crippen LogP contribution is 2.39. The van der Waals surface area contributed by atoms with Gasteiger partial charge in [-0.05, 0) is 12.1 Å². The molecule has 1 atom stereocenters. The topological polar surface area (TPSA) is 122 Å². The molecule has 3 N–H and O–H groups in total. The van der Waals surface area contributed by atoms with E-state index in [2.05, 4.69) is 5.32 Å². The molecule has 0 saturated heterocycles. The van der Waals surface area contributed by atoms with Crippen LogP contribution in [0.1, 0.15) is 16.8 Å². The molecular weight excluding hydrogens is 306 g/mol. The van der Waals surface area contributed by atoms with Crippen LogP contribution < -0.4 is 14.8 Å². The van der Waals surface area contributed by atoms with Crippen LogP contribution in [-0.4, -0.2) is 40.9 Å². The summed E-state index contributed by atoms with van der Waals surface area (Å²) in [4.78, 5) is 33.4. The van der Waals surface area contributed by atoms with E-state index in [1.165, 1.54) is 12.1 Å². The number of halogens is 1. The van der Waals surface area contributed by atoms with Gasteiger partial charge < -0.3 is 25.0 Å². The minimum absolute atomic E-state index is 0.0309. The Morgan fingerprint density at radius 3 is 2.62 bits per heavy atom. The first-order valence-electron chi connectivity index (χ1n) is 5.73. The van der Waals surface area contributed by atoms with Gasteiger partial charge in [-0.2, -0.15) is 0 Å². The molecule has 0 saturated carbocycles. The fourth-order valence-electron chi connectivity index (χ4n) is 1.71. The van der Waals surface area contributed by atoms with Crippen molar-refractivity contribution in [1.82, 2.24) is 5.32 Å². The Bertz CT molecular complexity index is 616. The second-order valence-electron chi connectivity index (χ2n) is 4.15. The van der Waals surface area contributed by atoms with Crippen LogP contribution in [0.15, 0.2) is 12.1 Å². The average Bonchev–Trinajstić information content (AvgIpc) is 2.85. The van der Waals surface area contributed by atoms with Gasteiger partial charge >= 0.3 is 11.9 Å². The molecule has 0 unspecified atom stereocenters. The predicted molar refractivity (Wildman–Crippen MR) is 68.7 cm³/mol. The number of rotatable bonds is 5. The highest BCUT2D eigenvalue weighted by Gasteiger charge is 2.26. The highest BCUT2D eigenvalue weighted by molar-refractivity contribution is 6.32. The van der Waals surface area contributed by atoms with Crippen molar-refractivity contribution >= 4 is 29.4 Å². The van der Waals surface area contributed by atoms with Crippen molar-refractivity contribution < 1.29 is 34.1 Å². The van der Waals surface area contributed by atoms with Crippen LogP contribution in [-0.2, 0) is 9.59 Å². The molecule has 1 amide bonds. The molecule has 112 valence electrons. The number of nitrogens with one attached hydrogen (secondary N) is 1. The third-order valence-electron chi connectivity index (χ3n) is 2.67. The zero-order chi connectivity index (χ0) is 15.6. The Kier molecular flexibility index (Phi) is 4.18. The normalized spacial score (nSPS) is 13.6. The molecule has 1 aromatic rings. The first-order chi connectivity index (χ1) is 9.88. The second kappa shape index (κ2) is 5.88. The molecular formula is C12H10ClNO7. The molecule has 9 heteroatoms. The van der Waals surface area contributed by atoms with E-state index in [0.717, 1.165) is 0 Å². The summed E-state index contributed by atoms with van der Waals surface area (Å²) in [6.45, 7) is -0.0309. The van der Waals surface area contributed by atoms with Crippen molar-refractivity contribution in [3.05, 3.63) is 22.7 Å². The lowest BCUT2D eigenvalue weighted by Crippen LogP contribution is -2.42. The van der Waals surface area contributed by atoms with E-state index in [1.807, 2.05) is 0 Å². The molecule has 0 fully saturated rings. The lowest BCUT2D eigenvalue weighted by Gasteiger charge is -2.13. The smallest absolute Gasteiger partial charge is 0.326 e. The first kappa shape index (κ1) is 14.9. The molecule has 0 bridgehead atoms. The van der Waals surface area contributed by atoms with E-state index >= 15 is 0 Å². The molecule has 21 heavy (non-hydrogen) atoms. The Hall–Kier alpha value is -2.48. The zero-order valence-corrected chi connectivity index (χ0v) is 11.2. The van der Waals surface area contributed by atoms with Crippen molar-refractivity contribution in [2.75, 3.05) is 6.79 Å². The van der Waals surface area contributed by atoms with Crippen molar-refractivity contribution in [3.8, 4) is 11.5 Å². The first-order valence-corrected chi connectivity index (χ1v) is 6.11. The second-order valence-corrected chi connectivity index (χ2v) is 4.56. The summed E-state index contributed by atoms with van der Waals surface area (Å²) in [5, 5.41) is 19.7. The average molecular weight is 316 g/mol. The van der Waals surface area contributed by atoms with Crippen molar-refractivity contribution in [1.29, 1.82) is 0 Å². The summed E-state index contributed by atoms with van der Waals surface area (Å²) in [6.07, 6.45) is -0.737. The van der Waals surface area contributed by atoms with Gasteiger partial charge in [0.05, 0.1) is 11.4 Å². The van der Waals surface area contributed by atoms with E-state index < -0.39 is 30.3 Å². The van der Waals surface area contributed by atoms with Crippen LogP contribution >= 0.6 is 11.6 Å². The summed E-state index contributed by atoms with van der Waals surface area (Å²) in [6, 6.07) is 1.08. The number of carboxylic acid groups (broad SMARTS) is 2. The molecule has 1 aliphatic rings. The van der Waals surface area contributed by atoms with E-state index in [0.29, 0.717) is 5.75 Å². The van der Waals surface area contributed by atoms with Gasteiger partial charge in [-0.15, -0.1) is 0 Å². The fourth-order valence-corrected chi connectivity index (χ4v) is 1.98. The zero-order valence-electron chi connectivity index (χ0n) is 10.5. The SMILES string of the molecule is O=C(O)C[C@H](NC(=O)c1cc(Cl)c2c(c1)OCO2)C(=O)O. The molecule has 0 aromatic heterocycles. The van der Waals surface area contributed by atoms with E-state index in [9.17, 15) is 14.4 Å². The number of amides is 1. The number of carboxylic acids is 2. The summed E-state index contributed by atoms with van der Waals surface area (Å²) < 4.78 is 10.2. The summed E-state index contributed by atoms with van der Waals surface area (Å²) >= 11 is 5.91. The number of carbonyl (C=O) groups is 3. The fraction of sp³-hybridized carbons (Fsp3) is 0.250. The van der Waals surface area contributed by atoms with Gasteiger partial charge in [-0.3, -0.25) is 9.59 Å². The lowest BCUT2D eigenvalue weighted by molar-refractivity contribution is -0.145. The van der Waals surface area contributed by atoms with Gasteiger partial charge in [-0.25, -0.2) is 4.79 Å². The van der Waals surface area contributed by atoms with Gasteiger partial charge in [0.2, 0.25) is 6.79 Å². The Morgan fingerprint density at radius 1 is 1.29 bits per heavy atom. The maximum absolute atomic E-state index is 12.0. The maximum Gasteiger partial charge on any atom is 0.326 e. The van der Waals surface area contributed by atoms with E-state index in [-0.39, 0.29) is 23.1 Å². The summed E-state index contributed by atoms with van der Waals surface area (Å²) in [7, 11) is 0. The van der Waals surface area contributed by atoms with Crippen LogP contribution in [0.3, 0.4) is 0 Å². The van der Waals surface area contributed by atoms with Crippen LogP contribution in [0.5, 0.6) is 11.5 Å². The third-order valence-corrected chi connectivity index (χ3v) is 2.95. The van der Waals surface area contributed by atoms with E-state index in [1.54, 1.807) is 0 Å². The molecule has 0 spiro atoms. The highest BCUT2D eigenvalue weighted by atomic mass is 35.5. The molecule has 8 nitrogen and oxygen atoms in total. The van der Waals surface area contributed by atoms with Crippen LogP contribution in [0, 0.1) is 0 Å². The number of fused-ring (bicyclic) bond motifs is 1. The Balaban J connectivity index is 2.18. The molecule has 1 heterocycles.